The minimum absolute atomic E-state index is 0.0374. The van der Waals surface area contributed by atoms with Gasteiger partial charge in [0.1, 0.15) is 0 Å². The number of hydrogen-bond acceptors (Lipinski definition) is 3. The average molecular weight is 304 g/mol. The molecule has 5 nitrogen and oxygen atoms in total. The van der Waals surface area contributed by atoms with Crippen molar-refractivity contribution in [3.8, 4) is 0 Å². The highest BCUT2D eigenvalue weighted by Crippen LogP contribution is 2.29. The zero-order valence-corrected chi connectivity index (χ0v) is 13.6. The summed E-state index contributed by atoms with van der Waals surface area (Å²) in [6.45, 7) is 7.99. The molecule has 0 radical (unpaired) electrons. The van der Waals surface area contributed by atoms with Gasteiger partial charge in [-0.05, 0) is 43.9 Å². The van der Waals surface area contributed by atoms with Crippen LogP contribution in [0.4, 0.5) is 0 Å². The van der Waals surface area contributed by atoms with Crippen LogP contribution in [0.2, 0.25) is 0 Å². The topological polar surface area (TPSA) is 60.9 Å². The molecule has 4 unspecified atom stereocenters. The molecule has 2 fully saturated rings. The Morgan fingerprint density at radius 3 is 2.20 bits per heavy atom. The van der Waals surface area contributed by atoms with Crippen molar-refractivity contribution in [3.05, 3.63) is 0 Å². The lowest BCUT2D eigenvalue weighted by molar-refractivity contribution is 0.127. The third-order valence-corrected chi connectivity index (χ3v) is 6.69. The Morgan fingerprint density at radius 1 is 1.05 bits per heavy atom. The molecular formula is C14H28N2O3S. The van der Waals surface area contributed by atoms with Gasteiger partial charge < -0.3 is 5.11 Å². The molecule has 0 aromatic rings. The van der Waals surface area contributed by atoms with Crippen molar-refractivity contribution in [1.29, 1.82) is 0 Å². The molecule has 0 amide bonds. The second-order valence-electron chi connectivity index (χ2n) is 6.82. The van der Waals surface area contributed by atoms with E-state index in [-0.39, 0.29) is 18.6 Å². The van der Waals surface area contributed by atoms with E-state index in [0.29, 0.717) is 31.5 Å². The SMILES string of the molecule is CC1CC(C)CN(S(=O)(=O)N2CC(CO)CCC2C)C1. The minimum atomic E-state index is -3.39. The Hall–Kier alpha value is -0.170. The first-order valence-corrected chi connectivity index (χ1v) is 9.12. The maximum absolute atomic E-state index is 12.9. The summed E-state index contributed by atoms with van der Waals surface area (Å²) in [6, 6.07) is 0.0374. The van der Waals surface area contributed by atoms with E-state index in [9.17, 15) is 13.5 Å². The predicted octanol–water partition coefficient (Wildman–Crippen LogP) is 1.30. The lowest BCUT2D eigenvalue weighted by Crippen LogP contribution is -2.55. The summed E-state index contributed by atoms with van der Waals surface area (Å²) in [6.07, 6.45) is 2.85. The molecule has 0 spiro atoms. The summed E-state index contributed by atoms with van der Waals surface area (Å²) in [5.41, 5.74) is 0. The number of rotatable bonds is 3. The normalized spacial score (nSPS) is 38.0. The van der Waals surface area contributed by atoms with Gasteiger partial charge in [0.15, 0.2) is 0 Å². The minimum Gasteiger partial charge on any atom is -0.396 e. The first-order chi connectivity index (χ1) is 9.34. The van der Waals surface area contributed by atoms with Gasteiger partial charge in [0.05, 0.1) is 0 Å². The van der Waals surface area contributed by atoms with Crippen LogP contribution in [0.1, 0.15) is 40.0 Å². The standard InChI is InChI=1S/C14H28N2O3S/c1-11-6-12(2)8-15(7-11)20(18,19)16-9-14(10-17)5-4-13(16)3/h11-14,17H,4-10H2,1-3H3. The third kappa shape index (κ3) is 3.35. The molecule has 0 bridgehead atoms. The maximum Gasteiger partial charge on any atom is 0.282 e. The first kappa shape index (κ1) is 16.2. The molecule has 0 saturated carbocycles. The van der Waals surface area contributed by atoms with Crippen molar-refractivity contribution in [1.82, 2.24) is 8.61 Å². The van der Waals surface area contributed by atoms with E-state index >= 15 is 0 Å². The van der Waals surface area contributed by atoms with E-state index < -0.39 is 10.2 Å². The fourth-order valence-electron chi connectivity index (χ4n) is 3.56. The summed E-state index contributed by atoms with van der Waals surface area (Å²) >= 11 is 0. The van der Waals surface area contributed by atoms with Crippen LogP contribution < -0.4 is 0 Å². The van der Waals surface area contributed by atoms with Gasteiger partial charge in [-0.15, -0.1) is 0 Å². The number of aliphatic hydroxyl groups is 1. The van der Waals surface area contributed by atoms with Crippen LogP contribution in [-0.4, -0.2) is 54.4 Å². The summed E-state index contributed by atoms with van der Waals surface area (Å²) in [4.78, 5) is 0. The number of nitrogens with zero attached hydrogens (tertiary/aromatic N) is 2. The van der Waals surface area contributed by atoms with Gasteiger partial charge in [-0.2, -0.15) is 17.0 Å². The Labute approximate surface area is 123 Å². The molecule has 6 heteroatoms. The lowest BCUT2D eigenvalue weighted by atomic mass is 9.94. The summed E-state index contributed by atoms with van der Waals surface area (Å²) in [7, 11) is -3.39. The van der Waals surface area contributed by atoms with Gasteiger partial charge >= 0.3 is 0 Å². The van der Waals surface area contributed by atoms with E-state index in [1.54, 1.807) is 8.61 Å². The number of piperidine rings is 2. The van der Waals surface area contributed by atoms with Gasteiger partial charge in [-0.3, -0.25) is 0 Å². The van der Waals surface area contributed by atoms with Crippen molar-refractivity contribution in [2.45, 2.75) is 46.1 Å². The molecule has 0 aromatic heterocycles. The van der Waals surface area contributed by atoms with E-state index in [2.05, 4.69) is 13.8 Å². The molecule has 2 heterocycles. The van der Waals surface area contributed by atoms with Gasteiger partial charge in [-0.1, -0.05) is 13.8 Å². The van der Waals surface area contributed by atoms with Crippen LogP contribution in [0.3, 0.4) is 0 Å². The fourth-order valence-corrected chi connectivity index (χ4v) is 5.70. The summed E-state index contributed by atoms with van der Waals surface area (Å²) in [5, 5.41) is 9.32. The first-order valence-electron chi connectivity index (χ1n) is 7.72. The van der Waals surface area contributed by atoms with E-state index in [1.165, 1.54) is 0 Å². The maximum atomic E-state index is 12.9. The van der Waals surface area contributed by atoms with Crippen molar-refractivity contribution in [2.75, 3.05) is 26.2 Å². The Bertz CT molecular complexity index is 416. The van der Waals surface area contributed by atoms with Crippen molar-refractivity contribution in [2.24, 2.45) is 17.8 Å². The fraction of sp³-hybridized carbons (Fsp3) is 1.00. The molecule has 2 aliphatic heterocycles. The average Bonchev–Trinajstić information content (AvgIpc) is 2.38. The lowest BCUT2D eigenvalue weighted by Gasteiger charge is -2.42. The largest absolute Gasteiger partial charge is 0.396 e. The van der Waals surface area contributed by atoms with Crippen molar-refractivity contribution >= 4 is 10.2 Å². The highest BCUT2D eigenvalue weighted by atomic mass is 32.2. The number of aliphatic hydroxyl groups excluding tert-OH is 1. The Kier molecular flexibility index (Phi) is 5.10. The second-order valence-corrected chi connectivity index (χ2v) is 8.70. The van der Waals surface area contributed by atoms with Gasteiger partial charge in [-0.25, -0.2) is 0 Å². The molecule has 2 aliphatic rings. The van der Waals surface area contributed by atoms with Crippen LogP contribution in [-0.2, 0) is 10.2 Å². The molecule has 0 aromatic carbocycles. The monoisotopic (exact) mass is 304 g/mol. The molecule has 2 rings (SSSR count). The molecule has 2 saturated heterocycles. The van der Waals surface area contributed by atoms with Crippen molar-refractivity contribution in [3.63, 3.8) is 0 Å². The molecule has 118 valence electrons. The van der Waals surface area contributed by atoms with Crippen LogP contribution >= 0.6 is 0 Å². The highest BCUT2D eigenvalue weighted by molar-refractivity contribution is 7.86. The van der Waals surface area contributed by atoms with Crippen LogP contribution in [0, 0.1) is 17.8 Å². The highest BCUT2D eigenvalue weighted by Gasteiger charge is 2.39. The molecule has 20 heavy (non-hydrogen) atoms. The Balaban J connectivity index is 2.15. The van der Waals surface area contributed by atoms with E-state index in [1.807, 2.05) is 6.92 Å². The summed E-state index contributed by atoms with van der Waals surface area (Å²) in [5.74, 6) is 0.921. The third-order valence-electron chi connectivity index (χ3n) is 4.64. The summed E-state index contributed by atoms with van der Waals surface area (Å²) < 4.78 is 29.0. The van der Waals surface area contributed by atoms with Gasteiger partial charge in [0.25, 0.3) is 10.2 Å². The van der Waals surface area contributed by atoms with Gasteiger partial charge in [0, 0.05) is 32.3 Å². The van der Waals surface area contributed by atoms with Gasteiger partial charge in [0.2, 0.25) is 0 Å². The van der Waals surface area contributed by atoms with E-state index in [0.717, 1.165) is 19.3 Å². The smallest absolute Gasteiger partial charge is 0.282 e. The molecule has 0 aliphatic carbocycles. The van der Waals surface area contributed by atoms with Crippen LogP contribution in [0.25, 0.3) is 0 Å². The van der Waals surface area contributed by atoms with Crippen molar-refractivity contribution < 1.29 is 13.5 Å². The quantitative estimate of drug-likeness (QED) is 0.855. The zero-order valence-electron chi connectivity index (χ0n) is 12.8. The molecular weight excluding hydrogens is 276 g/mol. The van der Waals surface area contributed by atoms with Crippen LogP contribution in [0.15, 0.2) is 0 Å². The number of hydrogen-bond donors (Lipinski definition) is 1. The zero-order chi connectivity index (χ0) is 14.9. The Morgan fingerprint density at radius 2 is 1.65 bits per heavy atom. The van der Waals surface area contributed by atoms with Crippen LogP contribution in [0.5, 0.6) is 0 Å². The predicted molar refractivity (Wildman–Crippen MR) is 79.4 cm³/mol. The molecule has 4 atom stereocenters. The van der Waals surface area contributed by atoms with E-state index in [4.69, 9.17) is 0 Å². The second kappa shape index (κ2) is 6.30. The molecule has 1 N–H and O–H groups in total.